The van der Waals surface area contributed by atoms with Gasteiger partial charge in [0, 0.05) is 11.0 Å². The van der Waals surface area contributed by atoms with Gasteiger partial charge in [0.2, 0.25) is 0 Å². The largest absolute Gasteiger partial charge is 0.305 e. The summed E-state index contributed by atoms with van der Waals surface area (Å²) in [4.78, 5) is 12.7. The zero-order chi connectivity index (χ0) is 17.9. The zero-order valence-corrected chi connectivity index (χ0v) is 14.7. The molecular formula is C21H21N3O. The highest BCUT2D eigenvalue weighted by atomic mass is 16.1. The molecule has 1 amide bonds. The average Bonchev–Trinajstić information content (AvgIpc) is 2.62. The van der Waals surface area contributed by atoms with Crippen LogP contribution in [0.3, 0.4) is 0 Å². The van der Waals surface area contributed by atoms with Gasteiger partial charge in [-0.25, -0.2) is 0 Å². The van der Waals surface area contributed by atoms with Gasteiger partial charge in [-0.05, 0) is 29.3 Å². The minimum Gasteiger partial charge on any atom is -0.305 e. The number of rotatable bonds is 3. The SMILES string of the molecule is CC(C)(C)c1ccc(NC(=O)c2ccccc2-c2ccccc2)nn1. The molecule has 4 nitrogen and oxygen atoms in total. The van der Waals surface area contributed by atoms with Gasteiger partial charge >= 0.3 is 0 Å². The van der Waals surface area contributed by atoms with Crippen LogP contribution in [0.25, 0.3) is 11.1 Å². The molecule has 3 rings (SSSR count). The van der Waals surface area contributed by atoms with Crippen LogP contribution in [0, 0.1) is 0 Å². The van der Waals surface area contributed by atoms with Crippen LogP contribution >= 0.6 is 0 Å². The molecule has 25 heavy (non-hydrogen) atoms. The number of amides is 1. The van der Waals surface area contributed by atoms with Crippen molar-refractivity contribution in [1.29, 1.82) is 0 Å². The Morgan fingerprint density at radius 3 is 2.16 bits per heavy atom. The maximum Gasteiger partial charge on any atom is 0.257 e. The first-order chi connectivity index (χ1) is 11.9. The summed E-state index contributed by atoms with van der Waals surface area (Å²) >= 11 is 0. The quantitative estimate of drug-likeness (QED) is 0.757. The normalized spacial score (nSPS) is 11.2. The molecule has 3 aromatic rings. The van der Waals surface area contributed by atoms with Crippen LogP contribution in [0.4, 0.5) is 5.82 Å². The Bertz CT molecular complexity index is 866. The van der Waals surface area contributed by atoms with Crippen LogP contribution in [0.2, 0.25) is 0 Å². The number of aromatic nitrogens is 2. The third kappa shape index (κ3) is 3.91. The predicted octanol–water partition coefficient (Wildman–Crippen LogP) is 4.69. The van der Waals surface area contributed by atoms with E-state index in [1.54, 1.807) is 6.07 Å². The van der Waals surface area contributed by atoms with Crippen LogP contribution < -0.4 is 5.32 Å². The summed E-state index contributed by atoms with van der Waals surface area (Å²) in [6, 6.07) is 21.1. The molecule has 0 radical (unpaired) electrons. The van der Waals surface area contributed by atoms with Crippen LogP contribution in [0.1, 0.15) is 36.8 Å². The van der Waals surface area contributed by atoms with Crippen LogP contribution in [-0.4, -0.2) is 16.1 Å². The van der Waals surface area contributed by atoms with E-state index in [1.807, 2.05) is 60.7 Å². The number of hydrogen-bond acceptors (Lipinski definition) is 3. The summed E-state index contributed by atoms with van der Waals surface area (Å²) in [6.07, 6.45) is 0. The second kappa shape index (κ2) is 6.85. The summed E-state index contributed by atoms with van der Waals surface area (Å²) in [7, 11) is 0. The van der Waals surface area contributed by atoms with Gasteiger partial charge in [-0.2, -0.15) is 5.10 Å². The van der Waals surface area contributed by atoms with Gasteiger partial charge in [0.1, 0.15) is 0 Å². The van der Waals surface area contributed by atoms with Crippen molar-refractivity contribution < 1.29 is 4.79 Å². The lowest BCUT2D eigenvalue weighted by Gasteiger charge is -2.16. The molecule has 0 unspecified atom stereocenters. The number of nitrogens with one attached hydrogen (secondary N) is 1. The minimum atomic E-state index is -0.197. The number of carbonyl (C=O) groups is 1. The molecule has 1 N–H and O–H groups in total. The highest BCUT2D eigenvalue weighted by Crippen LogP contribution is 2.24. The van der Waals surface area contributed by atoms with Gasteiger partial charge in [-0.3, -0.25) is 4.79 Å². The Labute approximate surface area is 147 Å². The van der Waals surface area contributed by atoms with E-state index in [9.17, 15) is 4.79 Å². The standard InChI is InChI=1S/C21H21N3O/c1-21(2,3)18-13-14-19(24-23-18)22-20(25)17-12-8-7-11-16(17)15-9-5-4-6-10-15/h4-14H,1-3H3,(H,22,24,25). The smallest absolute Gasteiger partial charge is 0.257 e. The second-order valence-corrected chi connectivity index (χ2v) is 6.92. The highest BCUT2D eigenvalue weighted by molar-refractivity contribution is 6.08. The first-order valence-corrected chi connectivity index (χ1v) is 8.25. The van der Waals surface area contributed by atoms with Crippen molar-refractivity contribution in [1.82, 2.24) is 10.2 Å². The number of benzene rings is 2. The number of hydrogen-bond donors (Lipinski definition) is 1. The molecule has 1 heterocycles. The lowest BCUT2D eigenvalue weighted by molar-refractivity contribution is 0.102. The van der Waals surface area contributed by atoms with Crippen molar-refractivity contribution in [3.8, 4) is 11.1 Å². The molecule has 1 aromatic heterocycles. The monoisotopic (exact) mass is 331 g/mol. The molecule has 4 heteroatoms. The molecule has 2 aromatic carbocycles. The van der Waals surface area contributed by atoms with Gasteiger partial charge in [-0.1, -0.05) is 69.3 Å². The second-order valence-electron chi connectivity index (χ2n) is 6.92. The third-order valence-electron chi connectivity index (χ3n) is 3.93. The van der Waals surface area contributed by atoms with E-state index in [-0.39, 0.29) is 11.3 Å². The van der Waals surface area contributed by atoms with Crippen LogP contribution in [-0.2, 0) is 5.41 Å². The molecule has 0 bridgehead atoms. The van der Waals surface area contributed by atoms with Crippen molar-refractivity contribution >= 4 is 11.7 Å². The Balaban J connectivity index is 1.85. The summed E-state index contributed by atoms with van der Waals surface area (Å²) in [6.45, 7) is 6.22. The van der Waals surface area contributed by atoms with E-state index in [4.69, 9.17) is 0 Å². The Hall–Kier alpha value is -3.01. The van der Waals surface area contributed by atoms with Crippen molar-refractivity contribution in [2.75, 3.05) is 5.32 Å². The molecule has 0 aliphatic carbocycles. The Morgan fingerprint density at radius 1 is 0.840 bits per heavy atom. The molecule has 0 fully saturated rings. The first-order valence-electron chi connectivity index (χ1n) is 8.25. The predicted molar refractivity (Wildman–Crippen MR) is 101 cm³/mol. The summed E-state index contributed by atoms with van der Waals surface area (Å²) in [5.41, 5.74) is 3.31. The van der Waals surface area contributed by atoms with Gasteiger partial charge in [-0.15, -0.1) is 5.10 Å². The van der Waals surface area contributed by atoms with Gasteiger partial charge in [0.05, 0.1) is 5.69 Å². The lowest BCUT2D eigenvalue weighted by Crippen LogP contribution is -2.17. The minimum absolute atomic E-state index is 0.0740. The Kier molecular flexibility index (Phi) is 4.61. The van der Waals surface area contributed by atoms with Gasteiger partial charge < -0.3 is 5.32 Å². The molecule has 126 valence electrons. The van der Waals surface area contributed by atoms with Crippen molar-refractivity contribution in [2.45, 2.75) is 26.2 Å². The number of anilines is 1. The van der Waals surface area contributed by atoms with E-state index >= 15 is 0 Å². The third-order valence-corrected chi connectivity index (χ3v) is 3.93. The van der Waals surface area contributed by atoms with E-state index in [0.29, 0.717) is 11.4 Å². The van der Waals surface area contributed by atoms with Gasteiger partial charge in [0.25, 0.3) is 5.91 Å². The van der Waals surface area contributed by atoms with Gasteiger partial charge in [0.15, 0.2) is 5.82 Å². The van der Waals surface area contributed by atoms with E-state index in [2.05, 4.69) is 36.3 Å². The fourth-order valence-corrected chi connectivity index (χ4v) is 2.53. The fraction of sp³-hybridized carbons (Fsp3) is 0.190. The molecule has 0 atom stereocenters. The molecule has 0 saturated carbocycles. The highest BCUT2D eigenvalue weighted by Gasteiger charge is 2.17. The average molecular weight is 331 g/mol. The fourth-order valence-electron chi connectivity index (χ4n) is 2.53. The molecule has 0 aliphatic heterocycles. The maximum atomic E-state index is 12.7. The number of carbonyl (C=O) groups excluding carboxylic acids is 1. The molecular weight excluding hydrogens is 310 g/mol. The first kappa shape index (κ1) is 16.8. The van der Waals surface area contributed by atoms with Crippen LogP contribution in [0.5, 0.6) is 0 Å². The van der Waals surface area contributed by atoms with E-state index < -0.39 is 0 Å². The topological polar surface area (TPSA) is 54.9 Å². The van der Waals surface area contributed by atoms with Crippen molar-refractivity contribution in [3.63, 3.8) is 0 Å². The Morgan fingerprint density at radius 2 is 1.52 bits per heavy atom. The summed E-state index contributed by atoms with van der Waals surface area (Å²) in [5, 5.41) is 11.2. The summed E-state index contributed by atoms with van der Waals surface area (Å²) < 4.78 is 0. The molecule has 0 spiro atoms. The molecule has 0 aliphatic rings. The molecule has 0 saturated heterocycles. The lowest BCUT2D eigenvalue weighted by atomic mass is 9.92. The van der Waals surface area contributed by atoms with Crippen LogP contribution in [0.15, 0.2) is 66.7 Å². The summed E-state index contributed by atoms with van der Waals surface area (Å²) in [5.74, 6) is 0.248. The van der Waals surface area contributed by atoms with E-state index in [1.165, 1.54) is 0 Å². The van der Waals surface area contributed by atoms with E-state index in [0.717, 1.165) is 16.8 Å². The zero-order valence-electron chi connectivity index (χ0n) is 14.7. The maximum absolute atomic E-state index is 12.7. The van der Waals surface area contributed by atoms with Crippen molar-refractivity contribution in [2.24, 2.45) is 0 Å². The number of nitrogens with zero attached hydrogens (tertiary/aromatic N) is 2. The van der Waals surface area contributed by atoms with Crippen molar-refractivity contribution in [3.05, 3.63) is 78.0 Å².